The largest absolute Gasteiger partial charge is 0.330 e. The van der Waals surface area contributed by atoms with Crippen molar-refractivity contribution in [2.24, 2.45) is 11.7 Å². The number of benzene rings is 1. The Morgan fingerprint density at radius 3 is 2.80 bits per heavy atom. The van der Waals surface area contributed by atoms with Crippen LogP contribution in [0.25, 0.3) is 0 Å². The molecule has 0 saturated heterocycles. The first kappa shape index (κ1) is 13.2. The summed E-state index contributed by atoms with van der Waals surface area (Å²) in [6.45, 7) is 2.88. The van der Waals surface area contributed by atoms with Gasteiger partial charge in [-0.05, 0) is 29.8 Å². The zero-order chi connectivity index (χ0) is 11.3. The molecule has 84 valence electrons. The first-order valence-electron chi connectivity index (χ1n) is 4.85. The van der Waals surface area contributed by atoms with Crippen molar-refractivity contribution in [2.45, 2.75) is 12.7 Å². The van der Waals surface area contributed by atoms with Gasteiger partial charge < -0.3 is 5.73 Å². The summed E-state index contributed by atoms with van der Waals surface area (Å²) in [5.41, 5.74) is 6.64. The van der Waals surface area contributed by atoms with Gasteiger partial charge in [-0.2, -0.15) is 11.8 Å². The van der Waals surface area contributed by atoms with Crippen LogP contribution in [-0.2, 0) is 5.75 Å². The van der Waals surface area contributed by atoms with Crippen LogP contribution in [0, 0.1) is 5.92 Å². The summed E-state index contributed by atoms with van der Waals surface area (Å²) in [6.07, 6.45) is 0. The van der Waals surface area contributed by atoms with Crippen molar-refractivity contribution in [3.63, 3.8) is 0 Å². The molecule has 0 amide bonds. The third kappa shape index (κ3) is 4.23. The number of hydrogen-bond acceptors (Lipinski definition) is 2. The van der Waals surface area contributed by atoms with Crippen LogP contribution in [0.2, 0.25) is 10.0 Å². The number of hydrogen-bond donors (Lipinski definition) is 1. The molecule has 0 spiro atoms. The monoisotopic (exact) mass is 263 g/mol. The van der Waals surface area contributed by atoms with Crippen LogP contribution >= 0.6 is 35.0 Å². The molecule has 1 aromatic carbocycles. The van der Waals surface area contributed by atoms with Crippen molar-refractivity contribution in [1.82, 2.24) is 0 Å². The third-order valence-corrected chi connectivity index (χ3v) is 4.27. The Morgan fingerprint density at radius 2 is 2.13 bits per heavy atom. The fourth-order valence-corrected chi connectivity index (χ4v) is 2.68. The molecule has 1 unspecified atom stereocenters. The maximum atomic E-state index is 6.07. The number of nitrogens with two attached hydrogens (primary N) is 1. The second kappa shape index (κ2) is 6.64. The van der Waals surface area contributed by atoms with Gasteiger partial charge in [0.25, 0.3) is 0 Å². The SMILES string of the molecule is CC(CN)CSCc1cccc(Cl)c1Cl. The van der Waals surface area contributed by atoms with Crippen LogP contribution in [-0.4, -0.2) is 12.3 Å². The zero-order valence-corrected chi connectivity index (χ0v) is 11.0. The average molecular weight is 264 g/mol. The highest BCUT2D eigenvalue weighted by atomic mass is 35.5. The molecule has 0 aromatic heterocycles. The van der Waals surface area contributed by atoms with Crippen molar-refractivity contribution in [1.29, 1.82) is 0 Å². The Bertz CT molecular complexity index is 317. The lowest BCUT2D eigenvalue weighted by atomic mass is 10.2. The Morgan fingerprint density at radius 1 is 1.40 bits per heavy atom. The molecule has 2 N–H and O–H groups in total. The van der Waals surface area contributed by atoms with Crippen LogP contribution in [0.15, 0.2) is 18.2 Å². The molecule has 0 saturated carbocycles. The maximum absolute atomic E-state index is 6.07. The lowest BCUT2D eigenvalue weighted by molar-refractivity contribution is 0.675. The van der Waals surface area contributed by atoms with Gasteiger partial charge >= 0.3 is 0 Å². The molecule has 0 aliphatic heterocycles. The second-order valence-electron chi connectivity index (χ2n) is 3.57. The molecule has 0 heterocycles. The van der Waals surface area contributed by atoms with E-state index >= 15 is 0 Å². The van der Waals surface area contributed by atoms with Gasteiger partial charge in [-0.3, -0.25) is 0 Å². The lowest BCUT2D eigenvalue weighted by Gasteiger charge is -2.09. The van der Waals surface area contributed by atoms with Gasteiger partial charge in [0.05, 0.1) is 10.0 Å². The normalized spacial score (nSPS) is 12.8. The van der Waals surface area contributed by atoms with E-state index in [4.69, 9.17) is 28.9 Å². The molecule has 1 atom stereocenters. The lowest BCUT2D eigenvalue weighted by Crippen LogP contribution is -2.12. The summed E-state index contributed by atoms with van der Waals surface area (Å²) in [5.74, 6) is 2.50. The number of halogens is 2. The van der Waals surface area contributed by atoms with Crippen molar-refractivity contribution >= 4 is 35.0 Å². The van der Waals surface area contributed by atoms with Crippen molar-refractivity contribution < 1.29 is 0 Å². The predicted octanol–water partition coefficient (Wildman–Crippen LogP) is 3.82. The van der Waals surface area contributed by atoms with Crippen LogP contribution in [0.4, 0.5) is 0 Å². The highest BCUT2D eigenvalue weighted by molar-refractivity contribution is 7.98. The van der Waals surface area contributed by atoms with Gasteiger partial charge in [0.15, 0.2) is 0 Å². The molecule has 0 radical (unpaired) electrons. The molecule has 0 fully saturated rings. The van der Waals surface area contributed by atoms with E-state index in [1.807, 2.05) is 23.9 Å². The average Bonchev–Trinajstić information content (AvgIpc) is 2.24. The van der Waals surface area contributed by atoms with Crippen molar-refractivity contribution in [3.8, 4) is 0 Å². The van der Waals surface area contributed by atoms with Gasteiger partial charge in [-0.15, -0.1) is 0 Å². The first-order chi connectivity index (χ1) is 7.15. The predicted molar refractivity (Wildman–Crippen MR) is 70.8 cm³/mol. The van der Waals surface area contributed by atoms with Crippen LogP contribution in [0.1, 0.15) is 12.5 Å². The Hall–Kier alpha value is 0.110. The Balaban J connectivity index is 2.47. The molecular weight excluding hydrogens is 249 g/mol. The molecular formula is C11H15Cl2NS. The van der Waals surface area contributed by atoms with E-state index in [2.05, 4.69) is 6.92 Å². The topological polar surface area (TPSA) is 26.0 Å². The molecule has 4 heteroatoms. The molecule has 1 nitrogen and oxygen atoms in total. The number of thioether (sulfide) groups is 1. The van der Waals surface area contributed by atoms with E-state index in [0.29, 0.717) is 16.0 Å². The summed E-state index contributed by atoms with van der Waals surface area (Å²) in [6, 6.07) is 5.74. The highest BCUT2D eigenvalue weighted by Crippen LogP contribution is 2.28. The highest BCUT2D eigenvalue weighted by Gasteiger charge is 2.05. The quantitative estimate of drug-likeness (QED) is 0.874. The van der Waals surface area contributed by atoms with Gasteiger partial charge in [-0.1, -0.05) is 42.3 Å². The Labute approximate surface area is 105 Å². The van der Waals surface area contributed by atoms with E-state index in [0.717, 1.165) is 23.6 Å². The van der Waals surface area contributed by atoms with E-state index < -0.39 is 0 Å². The molecule has 1 aromatic rings. The summed E-state index contributed by atoms with van der Waals surface area (Å²) in [4.78, 5) is 0. The van der Waals surface area contributed by atoms with Gasteiger partial charge in [0, 0.05) is 5.75 Å². The fraction of sp³-hybridized carbons (Fsp3) is 0.455. The summed E-state index contributed by atoms with van der Waals surface area (Å²) in [7, 11) is 0. The van der Waals surface area contributed by atoms with Gasteiger partial charge in [0.2, 0.25) is 0 Å². The van der Waals surface area contributed by atoms with Crippen LogP contribution in [0.5, 0.6) is 0 Å². The fourth-order valence-electron chi connectivity index (χ4n) is 1.10. The molecule has 1 rings (SSSR count). The second-order valence-corrected chi connectivity index (χ2v) is 5.38. The molecule has 0 bridgehead atoms. The minimum atomic E-state index is 0.549. The summed E-state index contributed by atoms with van der Waals surface area (Å²) < 4.78 is 0. The van der Waals surface area contributed by atoms with Crippen molar-refractivity contribution in [2.75, 3.05) is 12.3 Å². The van der Waals surface area contributed by atoms with Gasteiger partial charge in [-0.25, -0.2) is 0 Å². The van der Waals surface area contributed by atoms with E-state index in [1.54, 1.807) is 6.07 Å². The molecule has 0 aliphatic rings. The smallest absolute Gasteiger partial charge is 0.0632 e. The van der Waals surface area contributed by atoms with E-state index in [-0.39, 0.29) is 0 Å². The molecule has 0 aliphatic carbocycles. The maximum Gasteiger partial charge on any atom is 0.0632 e. The minimum absolute atomic E-state index is 0.549. The van der Waals surface area contributed by atoms with Crippen LogP contribution in [0.3, 0.4) is 0 Å². The summed E-state index contributed by atoms with van der Waals surface area (Å²) >= 11 is 13.8. The first-order valence-corrected chi connectivity index (χ1v) is 6.77. The molecule has 15 heavy (non-hydrogen) atoms. The zero-order valence-electron chi connectivity index (χ0n) is 8.67. The minimum Gasteiger partial charge on any atom is -0.330 e. The van der Waals surface area contributed by atoms with Crippen molar-refractivity contribution in [3.05, 3.63) is 33.8 Å². The van der Waals surface area contributed by atoms with E-state index in [1.165, 1.54) is 0 Å². The van der Waals surface area contributed by atoms with E-state index in [9.17, 15) is 0 Å². The third-order valence-electron chi connectivity index (χ3n) is 2.09. The van der Waals surface area contributed by atoms with Crippen LogP contribution < -0.4 is 5.73 Å². The standard InChI is InChI=1S/C11H15Cl2NS/c1-8(5-14)6-15-7-9-3-2-4-10(12)11(9)13/h2-4,8H,5-7,14H2,1H3. The van der Waals surface area contributed by atoms with Gasteiger partial charge in [0.1, 0.15) is 0 Å². The summed E-state index contributed by atoms with van der Waals surface area (Å²) in [5, 5.41) is 1.30. The number of rotatable bonds is 5. The Kier molecular flexibility index (Phi) is 5.83.